The molecule has 1 aromatic heterocycles. The third kappa shape index (κ3) is 4.40. The second kappa shape index (κ2) is 8.95. The minimum absolute atomic E-state index is 0.0809. The van der Waals surface area contributed by atoms with Gasteiger partial charge in [0.05, 0.1) is 24.8 Å². The van der Waals surface area contributed by atoms with Crippen LogP contribution in [0, 0.1) is 12.7 Å². The number of aromatic nitrogens is 1. The number of nitrogens with zero attached hydrogens (tertiary/aromatic N) is 1. The molecule has 0 radical (unpaired) electrons. The average molecular weight is 469 g/mol. The van der Waals surface area contributed by atoms with Crippen molar-refractivity contribution in [2.45, 2.75) is 11.8 Å². The van der Waals surface area contributed by atoms with Crippen LogP contribution in [0.3, 0.4) is 0 Å². The lowest BCUT2D eigenvalue weighted by Gasteiger charge is -2.14. The van der Waals surface area contributed by atoms with Crippen LogP contribution in [-0.4, -0.2) is 27.6 Å². The van der Waals surface area contributed by atoms with Gasteiger partial charge in [-0.15, -0.1) is 0 Å². The van der Waals surface area contributed by atoms with Crippen molar-refractivity contribution in [3.8, 4) is 23.0 Å². The molecule has 7 nitrogen and oxygen atoms in total. The summed E-state index contributed by atoms with van der Waals surface area (Å²) in [7, 11) is -0.904. The normalized spacial score (nSPS) is 11.3. The van der Waals surface area contributed by atoms with Gasteiger partial charge in [0.15, 0.2) is 17.3 Å². The third-order valence-corrected chi connectivity index (χ3v) is 6.54. The highest BCUT2D eigenvalue weighted by atomic mass is 32.2. The van der Waals surface area contributed by atoms with Crippen LogP contribution in [0.15, 0.2) is 71.8 Å². The summed E-state index contributed by atoms with van der Waals surface area (Å²) < 4.78 is 59.0. The lowest BCUT2D eigenvalue weighted by Crippen LogP contribution is -2.15. The van der Waals surface area contributed by atoms with E-state index in [2.05, 4.69) is 9.71 Å². The van der Waals surface area contributed by atoms with Crippen LogP contribution in [0.4, 0.5) is 10.1 Å². The predicted octanol–water partition coefficient (Wildman–Crippen LogP) is 5.29. The van der Waals surface area contributed by atoms with Crippen molar-refractivity contribution in [1.29, 1.82) is 0 Å². The quantitative estimate of drug-likeness (QED) is 0.396. The van der Waals surface area contributed by atoms with Crippen molar-refractivity contribution in [2.24, 2.45) is 0 Å². The smallest absolute Gasteiger partial charge is 0.262 e. The molecule has 0 atom stereocenters. The highest BCUT2D eigenvalue weighted by molar-refractivity contribution is 7.92. The van der Waals surface area contributed by atoms with E-state index < -0.39 is 15.8 Å². The molecule has 1 heterocycles. The van der Waals surface area contributed by atoms with Crippen molar-refractivity contribution in [3.05, 3.63) is 78.2 Å². The number of hydrogen-bond donors (Lipinski definition) is 1. The second-order valence-electron chi connectivity index (χ2n) is 7.12. The molecule has 0 bridgehead atoms. The van der Waals surface area contributed by atoms with Crippen LogP contribution >= 0.6 is 0 Å². The number of halogens is 1. The van der Waals surface area contributed by atoms with Gasteiger partial charge in [0.1, 0.15) is 17.0 Å². The van der Waals surface area contributed by atoms with Crippen LogP contribution in [0.5, 0.6) is 23.0 Å². The predicted molar refractivity (Wildman–Crippen MR) is 123 cm³/mol. The molecule has 0 unspecified atom stereocenters. The van der Waals surface area contributed by atoms with Gasteiger partial charge in [0, 0.05) is 17.6 Å². The van der Waals surface area contributed by atoms with E-state index in [-0.39, 0.29) is 16.3 Å². The molecule has 170 valence electrons. The Morgan fingerprint density at radius 1 is 0.939 bits per heavy atom. The Labute approximate surface area is 190 Å². The number of ether oxygens (including phenoxy) is 3. The summed E-state index contributed by atoms with van der Waals surface area (Å²) in [5.74, 6) is 0.808. The Bertz CT molecular complexity index is 1440. The maximum absolute atomic E-state index is 14.8. The molecule has 33 heavy (non-hydrogen) atoms. The van der Waals surface area contributed by atoms with Gasteiger partial charge in [0.25, 0.3) is 10.0 Å². The number of aryl methyl sites for hydroxylation is 1. The largest absolute Gasteiger partial charge is 0.493 e. The van der Waals surface area contributed by atoms with E-state index in [9.17, 15) is 12.8 Å². The van der Waals surface area contributed by atoms with E-state index in [1.54, 1.807) is 49.5 Å². The van der Waals surface area contributed by atoms with Gasteiger partial charge in [0.2, 0.25) is 0 Å². The van der Waals surface area contributed by atoms with Gasteiger partial charge in [-0.2, -0.15) is 0 Å². The van der Waals surface area contributed by atoms with Gasteiger partial charge in [-0.25, -0.2) is 12.8 Å². The number of pyridine rings is 1. The highest BCUT2D eigenvalue weighted by Gasteiger charge is 2.19. The maximum atomic E-state index is 14.8. The Morgan fingerprint density at radius 3 is 2.42 bits per heavy atom. The molecule has 1 N–H and O–H groups in total. The van der Waals surface area contributed by atoms with Gasteiger partial charge in [-0.3, -0.25) is 9.71 Å². The molecule has 4 aromatic rings. The van der Waals surface area contributed by atoms with Crippen LogP contribution < -0.4 is 18.9 Å². The van der Waals surface area contributed by atoms with Crippen molar-refractivity contribution >= 4 is 26.6 Å². The monoisotopic (exact) mass is 468 g/mol. The SMILES string of the molecule is COc1ccc2c(Oc3ccc(NS(=O)(=O)c4ccccc4C)c(F)c3)ccnc2c1OC. The Kier molecular flexibility index (Phi) is 6.06. The zero-order valence-corrected chi connectivity index (χ0v) is 18.9. The number of methoxy groups -OCH3 is 2. The van der Waals surface area contributed by atoms with Crippen molar-refractivity contribution < 1.29 is 27.0 Å². The van der Waals surface area contributed by atoms with Crippen LogP contribution in [0.1, 0.15) is 5.56 Å². The minimum Gasteiger partial charge on any atom is -0.493 e. The fourth-order valence-electron chi connectivity index (χ4n) is 3.42. The zero-order chi connectivity index (χ0) is 23.6. The lowest BCUT2D eigenvalue weighted by atomic mass is 10.1. The highest BCUT2D eigenvalue weighted by Crippen LogP contribution is 2.39. The summed E-state index contributed by atoms with van der Waals surface area (Å²) in [5, 5.41) is 0.639. The first-order valence-electron chi connectivity index (χ1n) is 9.89. The molecule has 9 heteroatoms. The molecule has 3 aromatic carbocycles. The molecule has 0 aliphatic carbocycles. The Morgan fingerprint density at radius 2 is 1.73 bits per heavy atom. The van der Waals surface area contributed by atoms with E-state index in [1.165, 1.54) is 32.4 Å². The number of rotatable bonds is 7. The van der Waals surface area contributed by atoms with Gasteiger partial charge in [-0.1, -0.05) is 18.2 Å². The summed E-state index contributed by atoms with van der Waals surface area (Å²) in [6, 6.07) is 15.5. The first kappa shape index (κ1) is 22.3. The number of sulfonamides is 1. The van der Waals surface area contributed by atoms with E-state index in [0.29, 0.717) is 33.7 Å². The fraction of sp³-hybridized carbons (Fsp3) is 0.125. The zero-order valence-electron chi connectivity index (χ0n) is 18.1. The molecule has 4 rings (SSSR count). The number of nitrogens with one attached hydrogen (secondary N) is 1. The summed E-state index contributed by atoms with van der Waals surface area (Å²) in [6.07, 6.45) is 1.54. The average Bonchev–Trinajstić information content (AvgIpc) is 2.80. The Balaban J connectivity index is 1.63. The number of anilines is 1. The van der Waals surface area contributed by atoms with Gasteiger partial charge < -0.3 is 14.2 Å². The minimum atomic E-state index is -3.95. The topological polar surface area (TPSA) is 86.8 Å². The maximum Gasteiger partial charge on any atom is 0.262 e. The molecular formula is C24H21FN2O5S. The van der Waals surface area contributed by atoms with Crippen molar-refractivity contribution in [3.63, 3.8) is 0 Å². The summed E-state index contributed by atoms with van der Waals surface area (Å²) >= 11 is 0. The summed E-state index contributed by atoms with van der Waals surface area (Å²) in [6.45, 7) is 1.67. The third-order valence-electron chi connectivity index (χ3n) is 5.01. The second-order valence-corrected chi connectivity index (χ2v) is 8.77. The fourth-order valence-corrected chi connectivity index (χ4v) is 4.74. The van der Waals surface area contributed by atoms with Crippen molar-refractivity contribution in [2.75, 3.05) is 18.9 Å². The number of fused-ring (bicyclic) bond motifs is 1. The molecule has 0 amide bonds. The molecule has 0 aliphatic rings. The molecule has 0 saturated carbocycles. The molecule has 0 aliphatic heterocycles. The number of hydrogen-bond acceptors (Lipinski definition) is 6. The lowest BCUT2D eigenvalue weighted by molar-refractivity contribution is 0.358. The van der Waals surface area contributed by atoms with E-state index >= 15 is 0 Å². The molecule has 0 fully saturated rings. The first-order valence-corrected chi connectivity index (χ1v) is 11.4. The molecule has 0 spiro atoms. The van der Waals surface area contributed by atoms with Gasteiger partial charge in [-0.05, 0) is 48.9 Å². The standard InChI is InChI=1S/C24H21FN2O5S/c1-15-6-4-5-7-22(15)33(28,29)27-19-10-8-16(14-18(19)25)32-20-12-13-26-23-17(20)9-11-21(30-2)24(23)31-3/h4-14,27H,1-3H3. The van der Waals surface area contributed by atoms with Gasteiger partial charge >= 0.3 is 0 Å². The van der Waals surface area contributed by atoms with Crippen LogP contribution in [0.2, 0.25) is 0 Å². The summed E-state index contributed by atoms with van der Waals surface area (Å²) in [5.41, 5.74) is 0.899. The van der Waals surface area contributed by atoms with E-state index in [0.717, 1.165) is 6.07 Å². The molecule has 0 saturated heterocycles. The van der Waals surface area contributed by atoms with Crippen LogP contribution in [-0.2, 0) is 10.0 Å². The van der Waals surface area contributed by atoms with E-state index in [1.807, 2.05) is 0 Å². The summed E-state index contributed by atoms with van der Waals surface area (Å²) in [4.78, 5) is 4.42. The Hall–Kier alpha value is -3.85. The van der Waals surface area contributed by atoms with Crippen LogP contribution in [0.25, 0.3) is 10.9 Å². The first-order chi connectivity index (χ1) is 15.8. The molecular weight excluding hydrogens is 447 g/mol. The van der Waals surface area contributed by atoms with Crippen molar-refractivity contribution in [1.82, 2.24) is 4.98 Å². The van der Waals surface area contributed by atoms with E-state index in [4.69, 9.17) is 14.2 Å². The number of benzene rings is 3.